The Morgan fingerprint density at radius 2 is 1.83 bits per heavy atom. The first-order valence-electron chi connectivity index (χ1n) is 10.3. The molecule has 2 amide bonds. The maximum absolute atomic E-state index is 13.0. The Morgan fingerprint density at radius 3 is 2.53 bits per heavy atom. The van der Waals surface area contributed by atoms with Gasteiger partial charge in [-0.3, -0.25) is 9.59 Å². The summed E-state index contributed by atoms with van der Waals surface area (Å²) in [5.41, 5.74) is 4.33. The van der Waals surface area contributed by atoms with Gasteiger partial charge in [-0.25, -0.2) is 4.98 Å². The molecular formula is C24H26N4O2. The molecule has 3 aromatic rings. The highest BCUT2D eigenvalue weighted by atomic mass is 16.2. The first-order valence-corrected chi connectivity index (χ1v) is 10.3. The number of hydrogen-bond donors (Lipinski definition) is 1. The van der Waals surface area contributed by atoms with Crippen LogP contribution in [0.3, 0.4) is 0 Å². The molecule has 0 unspecified atom stereocenters. The van der Waals surface area contributed by atoms with Gasteiger partial charge < -0.3 is 14.8 Å². The maximum atomic E-state index is 13.0. The summed E-state index contributed by atoms with van der Waals surface area (Å²) < 4.78 is 2.00. The smallest absolute Gasteiger partial charge is 0.291 e. The van der Waals surface area contributed by atoms with Crippen LogP contribution in [-0.4, -0.2) is 32.8 Å². The van der Waals surface area contributed by atoms with Crippen LogP contribution in [0.5, 0.6) is 0 Å². The van der Waals surface area contributed by atoms with Crippen molar-refractivity contribution in [1.82, 2.24) is 14.5 Å². The van der Waals surface area contributed by atoms with Crippen LogP contribution in [-0.2, 0) is 13.0 Å². The van der Waals surface area contributed by atoms with E-state index >= 15 is 0 Å². The van der Waals surface area contributed by atoms with E-state index in [1.54, 1.807) is 4.90 Å². The molecule has 2 heterocycles. The molecule has 0 spiro atoms. The molecule has 2 aromatic carbocycles. The standard InChI is InChI=1S/C24H26N4O2/c1-16(2)28-21-12-13-27(24(30)18-9-5-4-6-10-18)15-20(21)26-22(28)23(29)25-19-11-7-8-17(3)14-19/h4-11,14,16H,12-13,15H2,1-3H3,(H,25,29). The highest BCUT2D eigenvalue weighted by Crippen LogP contribution is 2.26. The van der Waals surface area contributed by atoms with E-state index in [1.165, 1.54) is 0 Å². The van der Waals surface area contributed by atoms with Crippen molar-refractivity contribution in [3.63, 3.8) is 0 Å². The molecule has 6 nitrogen and oxygen atoms in total. The molecule has 30 heavy (non-hydrogen) atoms. The fraction of sp³-hybridized carbons (Fsp3) is 0.292. The molecule has 0 atom stereocenters. The Kier molecular flexibility index (Phi) is 5.40. The number of imidazole rings is 1. The molecule has 154 valence electrons. The van der Waals surface area contributed by atoms with Crippen molar-refractivity contribution in [2.75, 3.05) is 11.9 Å². The molecule has 0 saturated heterocycles. The molecule has 1 aliphatic rings. The summed E-state index contributed by atoms with van der Waals surface area (Å²) in [4.78, 5) is 32.4. The quantitative estimate of drug-likeness (QED) is 0.710. The number of aromatic nitrogens is 2. The van der Waals surface area contributed by atoms with Crippen molar-refractivity contribution in [2.45, 2.75) is 39.8 Å². The number of carbonyl (C=O) groups excluding carboxylic acids is 2. The number of rotatable bonds is 4. The van der Waals surface area contributed by atoms with Crippen molar-refractivity contribution in [3.8, 4) is 0 Å². The second-order valence-corrected chi connectivity index (χ2v) is 7.96. The Hall–Kier alpha value is -3.41. The predicted molar refractivity (Wildman–Crippen MR) is 117 cm³/mol. The Bertz CT molecular complexity index is 1090. The molecule has 6 heteroatoms. The summed E-state index contributed by atoms with van der Waals surface area (Å²) >= 11 is 0. The van der Waals surface area contributed by atoms with Gasteiger partial charge in [0.05, 0.1) is 12.2 Å². The van der Waals surface area contributed by atoms with Gasteiger partial charge >= 0.3 is 0 Å². The molecule has 0 saturated carbocycles. The Balaban J connectivity index is 1.61. The normalized spacial score (nSPS) is 13.3. The zero-order chi connectivity index (χ0) is 21.3. The van der Waals surface area contributed by atoms with Gasteiger partial charge in [0.15, 0.2) is 5.82 Å². The fourth-order valence-corrected chi connectivity index (χ4v) is 3.97. The molecule has 0 fully saturated rings. The van der Waals surface area contributed by atoms with Gasteiger partial charge in [-0.15, -0.1) is 0 Å². The molecule has 0 aliphatic carbocycles. The van der Waals surface area contributed by atoms with Crippen LogP contribution in [0, 0.1) is 6.92 Å². The maximum Gasteiger partial charge on any atom is 0.291 e. The van der Waals surface area contributed by atoms with Gasteiger partial charge in [0.25, 0.3) is 11.8 Å². The average Bonchev–Trinajstić information content (AvgIpc) is 3.13. The average molecular weight is 402 g/mol. The van der Waals surface area contributed by atoms with Crippen molar-refractivity contribution < 1.29 is 9.59 Å². The van der Waals surface area contributed by atoms with Crippen molar-refractivity contribution in [3.05, 3.63) is 82.9 Å². The molecule has 4 rings (SSSR count). The van der Waals surface area contributed by atoms with Crippen LogP contribution < -0.4 is 5.32 Å². The van der Waals surface area contributed by atoms with Gasteiger partial charge in [0.1, 0.15) is 0 Å². The second-order valence-electron chi connectivity index (χ2n) is 7.96. The lowest BCUT2D eigenvalue weighted by molar-refractivity contribution is 0.0730. The van der Waals surface area contributed by atoms with Crippen molar-refractivity contribution in [1.29, 1.82) is 0 Å². The third kappa shape index (κ3) is 3.85. The zero-order valence-corrected chi connectivity index (χ0v) is 17.6. The van der Waals surface area contributed by atoms with Crippen LogP contribution in [0.25, 0.3) is 0 Å². The highest BCUT2D eigenvalue weighted by Gasteiger charge is 2.30. The van der Waals surface area contributed by atoms with E-state index in [4.69, 9.17) is 0 Å². The Morgan fingerprint density at radius 1 is 1.07 bits per heavy atom. The van der Waals surface area contributed by atoms with Crippen molar-refractivity contribution >= 4 is 17.5 Å². The van der Waals surface area contributed by atoms with E-state index in [0.29, 0.717) is 30.9 Å². The van der Waals surface area contributed by atoms with E-state index < -0.39 is 0 Å². The minimum Gasteiger partial charge on any atom is -0.332 e. The number of carbonyl (C=O) groups is 2. The summed E-state index contributed by atoms with van der Waals surface area (Å²) in [6, 6.07) is 17.1. The van der Waals surface area contributed by atoms with Crippen LogP contribution in [0.4, 0.5) is 5.69 Å². The molecule has 1 aliphatic heterocycles. The van der Waals surface area contributed by atoms with E-state index in [2.05, 4.69) is 10.3 Å². The number of fused-ring (bicyclic) bond motifs is 1. The number of benzene rings is 2. The number of aryl methyl sites for hydroxylation is 1. The lowest BCUT2D eigenvalue weighted by atomic mass is 10.1. The lowest BCUT2D eigenvalue weighted by Crippen LogP contribution is -2.36. The van der Waals surface area contributed by atoms with Gasteiger partial charge in [0.2, 0.25) is 0 Å². The summed E-state index contributed by atoms with van der Waals surface area (Å²) in [6.07, 6.45) is 0.677. The number of hydrogen-bond acceptors (Lipinski definition) is 3. The van der Waals surface area contributed by atoms with E-state index in [1.807, 2.05) is 79.9 Å². The fourth-order valence-electron chi connectivity index (χ4n) is 3.97. The zero-order valence-electron chi connectivity index (χ0n) is 17.6. The summed E-state index contributed by atoms with van der Waals surface area (Å²) in [7, 11) is 0. The minimum atomic E-state index is -0.232. The first kappa shape index (κ1) is 19.9. The van der Waals surface area contributed by atoms with E-state index in [-0.39, 0.29) is 17.9 Å². The predicted octanol–water partition coefficient (Wildman–Crippen LogP) is 4.22. The van der Waals surface area contributed by atoms with Crippen LogP contribution >= 0.6 is 0 Å². The monoisotopic (exact) mass is 402 g/mol. The Labute approximate surface area is 176 Å². The number of nitrogens with zero attached hydrogens (tertiary/aromatic N) is 3. The van der Waals surface area contributed by atoms with Gasteiger partial charge in [-0.05, 0) is 50.6 Å². The third-order valence-electron chi connectivity index (χ3n) is 5.36. The van der Waals surface area contributed by atoms with Gasteiger partial charge in [-0.1, -0.05) is 30.3 Å². The summed E-state index contributed by atoms with van der Waals surface area (Å²) in [5, 5.41) is 2.96. The van der Waals surface area contributed by atoms with Gasteiger partial charge in [-0.2, -0.15) is 0 Å². The van der Waals surface area contributed by atoms with Crippen LogP contribution in [0.15, 0.2) is 54.6 Å². The molecule has 1 aromatic heterocycles. The molecule has 0 radical (unpaired) electrons. The summed E-state index contributed by atoms with van der Waals surface area (Å²) in [5.74, 6) is 0.154. The highest BCUT2D eigenvalue weighted by molar-refractivity contribution is 6.02. The summed E-state index contributed by atoms with van der Waals surface area (Å²) in [6.45, 7) is 7.10. The number of nitrogens with one attached hydrogen (secondary N) is 1. The largest absolute Gasteiger partial charge is 0.332 e. The molecule has 0 bridgehead atoms. The third-order valence-corrected chi connectivity index (χ3v) is 5.36. The van der Waals surface area contributed by atoms with E-state index in [0.717, 1.165) is 22.6 Å². The van der Waals surface area contributed by atoms with Crippen LogP contribution in [0.1, 0.15) is 57.8 Å². The van der Waals surface area contributed by atoms with E-state index in [9.17, 15) is 9.59 Å². The van der Waals surface area contributed by atoms with Crippen LogP contribution in [0.2, 0.25) is 0 Å². The van der Waals surface area contributed by atoms with Crippen molar-refractivity contribution in [2.24, 2.45) is 0 Å². The number of anilines is 1. The van der Waals surface area contributed by atoms with Gasteiger partial charge in [0, 0.05) is 36.0 Å². The first-order chi connectivity index (χ1) is 14.4. The number of amides is 2. The SMILES string of the molecule is Cc1cccc(NC(=O)c2nc3c(n2C(C)C)CCN(C(=O)c2ccccc2)C3)c1. The second kappa shape index (κ2) is 8.14. The lowest BCUT2D eigenvalue weighted by Gasteiger charge is -2.28. The molecular weight excluding hydrogens is 376 g/mol. The minimum absolute atomic E-state index is 0.00823. The molecule has 1 N–H and O–H groups in total. The topological polar surface area (TPSA) is 67.2 Å².